The standard InChI is InChI=1S/C7H11NO3/c1-3-4-6(8-5-9)7(10)11-2/h6H,3-4H2,1-2H3/t6-/m1/s1. The van der Waals surface area contributed by atoms with Crippen molar-refractivity contribution < 1.29 is 14.3 Å². The van der Waals surface area contributed by atoms with Crippen molar-refractivity contribution in [1.82, 2.24) is 0 Å². The second-order valence-electron chi connectivity index (χ2n) is 2.05. The number of esters is 1. The zero-order valence-electron chi connectivity index (χ0n) is 6.66. The molecule has 0 bridgehead atoms. The molecule has 0 aliphatic rings. The van der Waals surface area contributed by atoms with Crippen LogP contribution in [0.15, 0.2) is 4.99 Å². The van der Waals surface area contributed by atoms with Gasteiger partial charge in [0.2, 0.25) is 6.08 Å². The van der Waals surface area contributed by atoms with Gasteiger partial charge < -0.3 is 4.74 Å². The highest BCUT2D eigenvalue weighted by molar-refractivity contribution is 5.76. The summed E-state index contributed by atoms with van der Waals surface area (Å²) >= 11 is 0. The number of isocyanates is 1. The smallest absolute Gasteiger partial charge is 0.331 e. The maximum Gasteiger partial charge on any atom is 0.331 e. The number of rotatable bonds is 4. The van der Waals surface area contributed by atoms with Gasteiger partial charge in [-0.15, -0.1) is 0 Å². The summed E-state index contributed by atoms with van der Waals surface area (Å²) in [5.41, 5.74) is 0. The molecule has 0 aromatic carbocycles. The molecule has 0 unspecified atom stereocenters. The Morgan fingerprint density at radius 1 is 1.73 bits per heavy atom. The van der Waals surface area contributed by atoms with E-state index in [0.717, 1.165) is 6.42 Å². The van der Waals surface area contributed by atoms with Crippen LogP contribution in [-0.2, 0) is 14.3 Å². The number of aliphatic imine (C=N–C) groups is 1. The van der Waals surface area contributed by atoms with Crippen molar-refractivity contribution in [1.29, 1.82) is 0 Å². The molecule has 0 spiro atoms. The molecule has 62 valence electrons. The highest BCUT2D eigenvalue weighted by atomic mass is 16.5. The van der Waals surface area contributed by atoms with Gasteiger partial charge in [0.15, 0.2) is 6.04 Å². The molecule has 1 atom stereocenters. The van der Waals surface area contributed by atoms with E-state index in [1.807, 2.05) is 6.92 Å². The normalized spacial score (nSPS) is 11.5. The Morgan fingerprint density at radius 3 is 2.73 bits per heavy atom. The summed E-state index contributed by atoms with van der Waals surface area (Å²) in [6.07, 6.45) is 2.65. The van der Waals surface area contributed by atoms with Crippen LogP contribution < -0.4 is 0 Å². The molecule has 0 aromatic rings. The summed E-state index contributed by atoms with van der Waals surface area (Å²) in [6.45, 7) is 1.90. The van der Waals surface area contributed by atoms with Gasteiger partial charge in [-0.1, -0.05) is 13.3 Å². The van der Waals surface area contributed by atoms with Crippen LogP contribution in [0, 0.1) is 0 Å². The zero-order chi connectivity index (χ0) is 8.69. The largest absolute Gasteiger partial charge is 0.467 e. The maximum atomic E-state index is 10.8. The van der Waals surface area contributed by atoms with Gasteiger partial charge in [-0.25, -0.2) is 9.59 Å². The summed E-state index contributed by atoms with van der Waals surface area (Å²) in [6, 6.07) is -0.664. The number of carbonyl (C=O) groups excluding carboxylic acids is 2. The van der Waals surface area contributed by atoms with Crippen LogP contribution in [0.25, 0.3) is 0 Å². The molecule has 0 aliphatic heterocycles. The monoisotopic (exact) mass is 157 g/mol. The quantitative estimate of drug-likeness (QED) is 0.342. The second-order valence-corrected chi connectivity index (χ2v) is 2.05. The molecular weight excluding hydrogens is 146 g/mol. The number of hydrogen-bond donors (Lipinski definition) is 0. The van der Waals surface area contributed by atoms with E-state index in [2.05, 4.69) is 9.73 Å². The predicted octanol–water partition coefficient (Wildman–Crippen LogP) is 0.664. The van der Waals surface area contributed by atoms with Crippen molar-refractivity contribution in [2.45, 2.75) is 25.8 Å². The van der Waals surface area contributed by atoms with Crippen LogP contribution >= 0.6 is 0 Å². The molecule has 0 rings (SSSR count). The minimum absolute atomic E-state index is 0.477. The number of ether oxygens (including phenoxy) is 1. The Balaban J connectivity index is 4.08. The first kappa shape index (κ1) is 9.85. The molecule has 0 saturated carbocycles. The van der Waals surface area contributed by atoms with E-state index in [1.54, 1.807) is 0 Å². The van der Waals surface area contributed by atoms with Crippen molar-refractivity contribution in [3.05, 3.63) is 0 Å². The minimum Gasteiger partial charge on any atom is -0.467 e. The van der Waals surface area contributed by atoms with Crippen molar-refractivity contribution >= 4 is 12.0 Å². The number of hydrogen-bond acceptors (Lipinski definition) is 4. The van der Waals surface area contributed by atoms with Gasteiger partial charge in [-0.05, 0) is 6.42 Å². The number of carbonyl (C=O) groups is 1. The third-order valence-corrected chi connectivity index (χ3v) is 1.24. The first-order valence-electron chi connectivity index (χ1n) is 3.41. The molecule has 4 nitrogen and oxygen atoms in total. The summed E-state index contributed by atoms with van der Waals surface area (Å²) in [5, 5.41) is 0. The summed E-state index contributed by atoms with van der Waals surface area (Å²) in [5.74, 6) is -0.477. The fourth-order valence-corrected chi connectivity index (χ4v) is 0.708. The van der Waals surface area contributed by atoms with Gasteiger partial charge >= 0.3 is 5.97 Å². The van der Waals surface area contributed by atoms with E-state index < -0.39 is 12.0 Å². The molecule has 4 heteroatoms. The van der Waals surface area contributed by atoms with E-state index >= 15 is 0 Å². The Bertz CT molecular complexity index is 173. The van der Waals surface area contributed by atoms with E-state index in [0.29, 0.717) is 6.42 Å². The van der Waals surface area contributed by atoms with Gasteiger partial charge in [-0.2, -0.15) is 4.99 Å². The highest BCUT2D eigenvalue weighted by Crippen LogP contribution is 2.02. The van der Waals surface area contributed by atoms with Crippen LogP contribution in [0.4, 0.5) is 0 Å². The average molecular weight is 157 g/mol. The van der Waals surface area contributed by atoms with Crippen LogP contribution in [0.2, 0.25) is 0 Å². The molecule has 0 radical (unpaired) electrons. The third kappa shape index (κ3) is 3.53. The van der Waals surface area contributed by atoms with Crippen LogP contribution in [-0.4, -0.2) is 25.2 Å². The Morgan fingerprint density at radius 2 is 2.36 bits per heavy atom. The van der Waals surface area contributed by atoms with Crippen molar-refractivity contribution in [2.24, 2.45) is 4.99 Å². The van der Waals surface area contributed by atoms with Gasteiger partial charge in [0.1, 0.15) is 0 Å². The topological polar surface area (TPSA) is 55.7 Å². The lowest BCUT2D eigenvalue weighted by molar-refractivity contribution is -0.142. The molecule has 0 amide bonds. The molecule has 0 aromatic heterocycles. The minimum atomic E-state index is -0.664. The number of methoxy groups -OCH3 is 1. The lowest BCUT2D eigenvalue weighted by atomic mass is 10.2. The van der Waals surface area contributed by atoms with Gasteiger partial charge in [0.25, 0.3) is 0 Å². The Hall–Kier alpha value is -1.15. The molecule has 0 aliphatic carbocycles. The first-order chi connectivity index (χ1) is 5.26. The average Bonchev–Trinajstić information content (AvgIpc) is 2.03. The SMILES string of the molecule is CCC[C@@H](N=C=O)C(=O)OC. The predicted molar refractivity (Wildman–Crippen MR) is 38.8 cm³/mol. The summed E-state index contributed by atoms with van der Waals surface area (Å²) < 4.78 is 4.41. The van der Waals surface area contributed by atoms with E-state index in [-0.39, 0.29) is 0 Å². The molecular formula is C7H11NO3. The van der Waals surface area contributed by atoms with Gasteiger partial charge in [0.05, 0.1) is 7.11 Å². The van der Waals surface area contributed by atoms with Crippen molar-refractivity contribution in [2.75, 3.05) is 7.11 Å². The van der Waals surface area contributed by atoms with E-state index in [9.17, 15) is 9.59 Å². The fourth-order valence-electron chi connectivity index (χ4n) is 0.708. The number of nitrogens with zero attached hydrogens (tertiary/aromatic N) is 1. The van der Waals surface area contributed by atoms with E-state index in [1.165, 1.54) is 13.2 Å². The lowest BCUT2D eigenvalue weighted by Crippen LogP contribution is -2.19. The Labute approximate surface area is 65.3 Å². The fraction of sp³-hybridized carbons (Fsp3) is 0.714. The summed E-state index contributed by atoms with van der Waals surface area (Å²) in [7, 11) is 1.27. The molecule has 0 heterocycles. The maximum absolute atomic E-state index is 10.8. The van der Waals surface area contributed by atoms with Crippen molar-refractivity contribution in [3.8, 4) is 0 Å². The van der Waals surface area contributed by atoms with Crippen LogP contribution in [0.5, 0.6) is 0 Å². The van der Waals surface area contributed by atoms with Crippen LogP contribution in [0.3, 0.4) is 0 Å². The van der Waals surface area contributed by atoms with Gasteiger partial charge in [-0.3, -0.25) is 0 Å². The van der Waals surface area contributed by atoms with Gasteiger partial charge in [0, 0.05) is 0 Å². The molecule has 0 fully saturated rings. The molecule has 11 heavy (non-hydrogen) atoms. The highest BCUT2D eigenvalue weighted by Gasteiger charge is 2.15. The van der Waals surface area contributed by atoms with Crippen molar-refractivity contribution in [3.63, 3.8) is 0 Å². The first-order valence-corrected chi connectivity index (χ1v) is 3.41. The third-order valence-electron chi connectivity index (χ3n) is 1.24. The second kappa shape index (κ2) is 5.62. The summed E-state index contributed by atoms with van der Waals surface area (Å²) in [4.78, 5) is 23.9. The lowest BCUT2D eigenvalue weighted by Gasteiger charge is -2.04. The molecule has 0 N–H and O–H groups in total. The van der Waals surface area contributed by atoms with E-state index in [4.69, 9.17) is 0 Å². The Kier molecular flexibility index (Phi) is 5.03. The zero-order valence-corrected chi connectivity index (χ0v) is 6.66. The van der Waals surface area contributed by atoms with Crippen LogP contribution in [0.1, 0.15) is 19.8 Å². The molecule has 0 saturated heterocycles.